The number of ketones is 2. The van der Waals surface area contributed by atoms with Crippen LogP contribution in [0.25, 0.3) is 28.6 Å². The van der Waals surface area contributed by atoms with E-state index in [2.05, 4.69) is 10.4 Å². The molecule has 0 bridgehead atoms. The van der Waals surface area contributed by atoms with E-state index in [9.17, 15) is 19.2 Å². The summed E-state index contributed by atoms with van der Waals surface area (Å²) in [6.45, 7) is 8.09. The van der Waals surface area contributed by atoms with Crippen molar-refractivity contribution in [1.29, 1.82) is 0 Å². The first-order valence-corrected chi connectivity index (χ1v) is 11.5. The van der Waals surface area contributed by atoms with E-state index in [1.54, 1.807) is 19.1 Å². The summed E-state index contributed by atoms with van der Waals surface area (Å²) in [7, 11) is 0. The van der Waals surface area contributed by atoms with Crippen molar-refractivity contribution in [2.45, 2.75) is 40.7 Å². The minimum atomic E-state index is -0.723. The van der Waals surface area contributed by atoms with E-state index in [4.69, 9.17) is 9.72 Å². The average molecular weight is 489 g/mol. The van der Waals surface area contributed by atoms with Crippen molar-refractivity contribution in [1.82, 2.24) is 14.8 Å². The summed E-state index contributed by atoms with van der Waals surface area (Å²) >= 11 is 0. The molecule has 1 N–H and O–H groups in total. The third-order valence-electron chi connectivity index (χ3n) is 5.24. The number of benzene rings is 1. The number of pyridine rings is 1. The van der Waals surface area contributed by atoms with Crippen molar-refractivity contribution in [3.63, 3.8) is 0 Å². The predicted molar refractivity (Wildman–Crippen MR) is 138 cm³/mol. The summed E-state index contributed by atoms with van der Waals surface area (Å²) in [6.07, 6.45) is 0.630. The smallest absolute Gasteiger partial charge is 0.411 e. The number of rotatable bonds is 8. The maximum atomic E-state index is 12.3. The van der Waals surface area contributed by atoms with Crippen molar-refractivity contribution in [3.05, 3.63) is 70.2 Å². The van der Waals surface area contributed by atoms with Gasteiger partial charge >= 0.3 is 6.09 Å². The van der Waals surface area contributed by atoms with E-state index in [0.29, 0.717) is 17.0 Å². The molecule has 2 aromatic heterocycles. The second kappa shape index (κ2) is 11.4. The standard InChI is InChI=1S/C27H28N4O5/c1-6-36-27(35)29-24-15-21(22-12-13-25(34)31(30-22)16(2)3)26(19-10-8-7-9-11-19)28-23(24)14-20(17(4)32)18(5)33/h7-16H,6H2,1-5H3,(H,29,35). The van der Waals surface area contributed by atoms with Crippen LogP contribution in [0.15, 0.2) is 58.9 Å². The van der Waals surface area contributed by atoms with E-state index in [1.807, 2.05) is 44.2 Å². The van der Waals surface area contributed by atoms with Crippen molar-refractivity contribution in [2.75, 3.05) is 11.9 Å². The number of aromatic nitrogens is 3. The highest BCUT2D eigenvalue weighted by Crippen LogP contribution is 2.34. The third-order valence-corrected chi connectivity index (χ3v) is 5.24. The summed E-state index contributed by atoms with van der Waals surface area (Å²) in [4.78, 5) is 53.7. The molecule has 186 valence electrons. The molecule has 9 heteroatoms. The molecule has 2 heterocycles. The molecule has 0 unspecified atom stereocenters. The third kappa shape index (κ3) is 5.99. The lowest BCUT2D eigenvalue weighted by Crippen LogP contribution is -2.24. The summed E-state index contributed by atoms with van der Waals surface area (Å²) < 4.78 is 6.40. The van der Waals surface area contributed by atoms with Gasteiger partial charge in [-0.15, -0.1) is 0 Å². The molecule has 0 aliphatic heterocycles. The zero-order valence-corrected chi connectivity index (χ0v) is 20.9. The minimum Gasteiger partial charge on any atom is -0.450 e. The van der Waals surface area contributed by atoms with Gasteiger partial charge in [-0.25, -0.2) is 14.5 Å². The van der Waals surface area contributed by atoms with Crippen LogP contribution in [-0.2, 0) is 14.3 Å². The second-order valence-electron chi connectivity index (χ2n) is 8.29. The van der Waals surface area contributed by atoms with Gasteiger partial charge in [-0.1, -0.05) is 30.3 Å². The SMILES string of the molecule is CCOC(=O)Nc1cc(-c2ccc(=O)n(C(C)C)n2)c(-c2ccccc2)nc1C=C(C(C)=O)C(C)=O. The molecule has 0 atom stereocenters. The van der Waals surface area contributed by atoms with Crippen LogP contribution in [0.4, 0.5) is 10.5 Å². The van der Waals surface area contributed by atoms with Gasteiger partial charge in [0.2, 0.25) is 0 Å². The van der Waals surface area contributed by atoms with Gasteiger partial charge in [0.25, 0.3) is 5.56 Å². The first-order chi connectivity index (χ1) is 17.1. The van der Waals surface area contributed by atoms with Crippen LogP contribution < -0.4 is 10.9 Å². The summed E-state index contributed by atoms with van der Waals surface area (Å²) in [6, 6.07) is 13.7. The number of Topliss-reactive ketones (excluding diaryl/α,β-unsaturated/α-hetero) is 2. The highest BCUT2D eigenvalue weighted by atomic mass is 16.5. The van der Waals surface area contributed by atoms with Crippen molar-refractivity contribution < 1.29 is 19.1 Å². The lowest BCUT2D eigenvalue weighted by Gasteiger charge is -2.16. The topological polar surface area (TPSA) is 120 Å². The summed E-state index contributed by atoms with van der Waals surface area (Å²) in [5.74, 6) is -0.857. The van der Waals surface area contributed by atoms with E-state index < -0.39 is 17.7 Å². The first kappa shape index (κ1) is 26.2. The number of ether oxygens (including phenoxy) is 1. The van der Waals surface area contributed by atoms with Gasteiger partial charge in [-0.05, 0) is 52.8 Å². The highest BCUT2D eigenvalue weighted by molar-refractivity contribution is 6.22. The van der Waals surface area contributed by atoms with Crippen molar-refractivity contribution >= 4 is 29.4 Å². The molecule has 0 aliphatic carbocycles. The maximum absolute atomic E-state index is 12.3. The van der Waals surface area contributed by atoms with Crippen LogP contribution in [0.5, 0.6) is 0 Å². The van der Waals surface area contributed by atoms with Crippen LogP contribution in [0.1, 0.15) is 46.4 Å². The fraction of sp³-hybridized carbons (Fsp3) is 0.259. The summed E-state index contributed by atoms with van der Waals surface area (Å²) in [5.41, 5.74) is 2.32. The molecule has 0 aliphatic rings. The number of hydrogen-bond acceptors (Lipinski definition) is 7. The van der Waals surface area contributed by atoms with Gasteiger partial charge in [0.1, 0.15) is 0 Å². The molecule has 0 saturated heterocycles. The molecule has 3 rings (SSSR count). The fourth-order valence-corrected chi connectivity index (χ4v) is 3.55. The van der Waals surface area contributed by atoms with Crippen LogP contribution in [0.3, 0.4) is 0 Å². The van der Waals surface area contributed by atoms with Crippen LogP contribution in [0.2, 0.25) is 0 Å². The number of nitrogens with zero attached hydrogens (tertiary/aromatic N) is 3. The molecule has 0 fully saturated rings. The maximum Gasteiger partial charge on any atom is 0.411 e. The Hall–Kier alpha value is -4.40. The van der Waals surface area contributed by atoms with Gasteiger partial charge in [-0.3, -0.25) is 19.7 Å². The Kier molecular flexibility index (Phi) is 8.26. The van der Waals surface area contributed by atoms with Crippen molar-refractivity contribution in [3.8, 4) is 22.5 Å². The Balaban J connectivity index is 2.38. The highest BCUT2D eigenvalue weighted by Gasteiger charge is 2.20. The molecule has 3 aromatic rings. The quantitative estimate of drug-likeness (QED) is 0.278. The first-order valence-electron chi connectivity index (χ1n) is 11.5. The van der Waals surface area contributed by atoms with E-state index in [0.717, 1.165) is 5.56 Å². The van der Waals surface area contributed by atoms with E-state index in [-0.39, 0.29) is 35.2 Å². The lowest BCUT2D eigenvalue weighted by molar-refractivity contribution is -0.119. The molecular weight excluding hydrogens is 460 g/mol. The van der Waals surface area contributed by atoms with Gasteiger partial charge < -0.3 is 4.74 Å². The zero-order chi connectivity index (χ0) is 26.4. The van der Waals surface area contributed by atoms with Crippen LogP contribution in [0, 0.1) is 0 Å². The number of anilines is 1. The average Bonchev–Trinajstić information content (AvgIpc) is 2.83. The number of allylic oxidation sites excluding steroid dienone is 1. The van der Waals surface area contributed by atoms with Crippen LogP contribution in [-0.4, -0.2) is 39.0 Å². The summed E-state index contributed by atoms with van der Waals surface area (Å²) in [5, 5.41) is 7.17. The monoisotopic (exact) mass is 488 g/mol. The molecule has 36 heavy (non-hydrogen) atoms. The number of nitrogens with one attached hydrogen (secondary N) is 1. The normalized spacial score (nSPS) is 10.6. The number of carbonyl (C=O) groups is 3. The van der Waals surface area contributed by atoms with Gasteiger partial charge in [0.15, 0.2) is 11.6 Å². The van der Waals surface area contributed by atoms with Gasteiger partial charge in [-0.2, -0.15) is 5.10 Å². The van der Waals surface area contributed by atoms with E-state index >= 15 is 0 Å². The molecule has 0 saturated carbocycles. The number of hydrogen-bond donors (Lipinski definition) is 1. The minimum absolute atomic E-state index is 0.0624. The Morgan fingerprint density at radius 3 is 2.31 bits per heavy atom. The second-order valence-corrected chi connectivity index (χ2v) is 8.29. The van der Waals surface area contributed by atoms with Gasteiger partial charge in [0.05, 0.1) is 41.0 Å². The largest absolute Gasteiger partial charge is 0.450 e. The Labute approximate surface area is 208 Å². The Morgan fingerprint density at radius 1 is 1.06 bits per heavy atom. The fourth-order valence-electron chi connectivity index (χ4n) is 3.55. The Morgan fingerprint density at radius 2 is 1.72 bits per heavy atom. The number of amides is 1. The van der Waals surface area contributed by atoms with Crippen LogP contribution >= 0.6 is 0 Å². The van der Waals surface area contributed by atoms with E-state index in [1.165, 1.54) is 30.7 Å². The van der Waals surface area contributed by atoms with Gasteiger partial charge in [0, 0.05) is 17.2 Å². The molecule has 0 spiro atoms. The molecule has 1 aromatic carbocycles. The zero-order valence-electron chi connectivity index (χ0n) is 20.9. The predicted octanol–water partition coefficient (Wildman–Crippen LogP) is 4.68. The number of carbonyl (C=O) groups excluding carboxylic acids is 3. The molecular formula is C27H28N4O5. The molecule has 0 radical (unpaired) electrons. The Bertz CT molecular complexity index is 1380. The molecule has 9 nitrogen and oxygen atoms in total. The van der Waals surface area contributed by atoms with Crippen molar-refractivity contribution in [2.24, 2.45) is 0 Å². The lowest BCUT2D eigenvalue weighted by atomic mass is 10.00. The molecule has 1 amide bonds.